The van der Waals surface area contributed by atoms with E-state index in [0.29, 0.717) is 17.0 Å². The number of primary amides is 1. The summed E-state index contributed by atoms with van der Waals surface area (Å²) in [6, 6.07) is 10.7. The standard InChI is InChI=1S/C20H23N5O3/c1-12-4-5-13(2)18(14(12)3)28-11-17(26)10-25-23-20(22-24-25)16-8-6-15(7-9-16)19(21)27/h4-9,17,26H,10-11H2,1-3H3,(H2,21,27). The molecule has 0 bridgehead atoms. The summed E-state index contributed by atoms with van der Waals surface area (Å²) in [4.78, 5) is 12.5. The number of hydrogen-bond acceptors (Lipinski definition) is 6. The van der Waals surface area contributed by atoms with E-state index in [1.165, 1.54) is 4.80 Å². The van der Waals surface area contributed by atoms with Crippen LogP contribution in [0.25, 0.3) is 11.4 Å². The minimum Gasteiger partial charge on any atom is -0.490 e. The van der Waals surface area contributed by atoms with Crippen LogP contribution in [0, 0.1) is 20.8 Å². The van der Waals surface area contributed by atoms with E-state index in [2.05, 4.69) is 15.4 Å². The number of tetrazole rings is 1. The lowest BCUT2D eigenvalue weighted by Gasteiger charge is -2.16. The largest absolute Gasteiger partial charge is 0.490 e. The van der Waals surface area contributed by atoms with Crippen molar-refractivity contribution in [3.63, 3.8) is 0 Å². The maximum absolute atomic E-state index is 11.1. The molecule has 2 aromatic carbocycles. The predicted octanol–water partition coefficient (Wildman–Crippen LogP) is 1.80. The summed E-state index contributed by atoms with van der Waals surface area (Å²) in [6.07, 6.45) is -0.793. The van der Waals surface area contributed by atoms with Gasteiger partial charge in [0.25, 0.3) is 0 Å². The third kappa shape index (κ3) is 4.34. The number of aliphatic hydroxyl groups is 1. The van der Waals surface area contributed by atoms with E-state index in [4.69, 9.17) is 10.5 Å². The minimum atomic E-state index is -0.793. The van der Waals surface area contributed by atoms with E-state index in [1.807, 2.05) is 32.9 Å². The quantitative estimate of drug-likeness (QED) is 0.645. The highest BCUT2D eigenvalue weighted by Gasteiger charge is 2.13. The number of carbonyl (C=O) groups is 1. The number of benzene rings is 2. The molecule has 0 aliphatic rings. The topological polar surface area (TPSA) is 116 Å². The zero-order chi connectivity index (χ0) is 20.3. The van der Waals surface area contributed by atoms with Crippen LogP contribution in [-0.4, -0.2) is 43.9 Å². The van der Waals surface area contributed by atoms with Crippen LogP contribution in [0.2, 0.25) is 0 Å². The molecule has 1 aromatic heterocycles. The van der Waals surface area contributed by atoms with E-state index >= 15 is 0 Å². The Balaban J connectivity index is 1.62. The number of ether oxygens (including phenoxy) is 1. The predicted molar refractivity (Wildman–Crippen MR) is 104 cm³/mol. The smallest absolute Gasteiger partial charge is 0.248 e. The third-order valence-corrected chi connectivity index (χ3v) is 4.55. The number of nitrogens with zero attached hydrogens (tertiary/aromatic N) is 4. The summed E-state index contributed by atoms with van der Waals surface area (Å²) in [7, 11) is 0. The fraction of sp³-hybridized carbons (Fsp3) is 0.300. The number of carbonyl (C=O) groups excluding carboxylic acids is 1. The van der Waals surface area contributed by atoms with Crippen molar-refractivity contribution in [1.82, 2.24) is 20.2 Å². The van der Waals surface area contributed by atoms with Crippen LogP contribution in [0.15, 0.2) is 36.4 Å². The van der Waals surface area contributed by atoms with Gasteiger partial charge in [0.05, 0.1) is 6.54 Å². The second-order valence-corrected chi connectivity index (χ2v) is 6.73. The monoisotopic (exact) mass is 381 g/mol. The summed E-state index contributed by atoms with van der Waals surface area (Å²) in [5, 5.41) is 22.5. The van der Waals surface area contributed by atoms with Gasteiger partial charge in [0, 0.05) is 11.1 Å². The lowest BCUT2D eigenvalue weighted by Crippen LogP contribution is -2.25. The van der Waals surface area contributed by atoms with Crippen LogP contribution in [-0.2, 0) is 6.54 Å². The SMILES string of the molecule is Cc1ccc(C)c(OCC(O)Cn2nnc(-c3ccc(C(N)=O)cc3)n2)c1C. The number of nitrogens with two attached hydrogens (primary N) is 1. The Kier molecular flexibility index (Phi) is 5.70. The Morgan fingerprint density at radius 3 is 2.50 bits per heavy atom. The fourth-order valence-corrected chi connectivity index (χ4v) is 2.79. The van der Waals surface area contributed by atoms with Crippen molar-refractivity contribution in [2.75, 3.05) is 6.61 Å². The molecular formula is C20H23N5O3. The van der Waals surface area contributed by atoms with Gasteiger partial charge in [-0.3, -0.25) is 4.79 Å². The first-order valence-electron chi connectivity index (χ1n) is 8.91. The van der Waals surface area contributed by atoms with E-state index < -0.39 is 12.0 Å². The Hall–Kier alpha value is -3.26. The van der Waals surface area contributed by atoms with Crippen molar-refractivity contribution in [3.8, 4) is 17.1 Å². The van der Waals surface area contributed by atoms with E-state index in [9.17, 15) is 9.90 Å². The van der Waals surface area contributed by atoms with Crippen molar-refractivity contribution < 1.29 is 14.6 Å². The number of aryl methyl sites for hydroxylation is 2. The summed E-state index contributed by atoms with van der Waals surface area (Å²) < 4.78 is 5.83. The lowest BCUT2D eigenvalue weighted by atomic mass is 10.1. The minimum absolute atomic E-state index is 0.120. The first kappa shape index (κ1) is 19.5. The molecule has 28 heavy (non-hydrogen) atoms. The number of aromatic nitrogens is 4. The van der Waals surface area contributed by atoms with Crippen LogP contribution in [0.4, 0.5) is 0 Å². The van der Waals surface area contributed by atoms with Gasteiger partial charge in [0.15, 0.2) is 0 Å². The highest BCUT2D eigenvalue weighted by Crippen LogP contribution is 2.25. The zero-order valence-corrected chi connectivity index (χ0v) is 16.1. The average Bonchev–Trinajstić information content (AvgIpc) is 3.13. The van der Waals surface area contributed by atoms with Gasteiger partial charge in [0.1, 0.15) is 18.5 Å². The molecule has 3 aromatic rings. The number of aliphatic hydroxyl groups excluding tert-OH is 1. The van der Waals surface area contributed by atoms with Crippen molar-refractivity contribution >= 4 is 5.91 Å². The van der Waals surface area contributed by atoms with Gasteiger partial charge in [-0.15, -0.1) is 10.2 Å². The number of rotatable bonds is 7. The zero-order valence-electron chi connectivity index (χ0n) is 16.1. The Morgan fingerprint density at radius 2 is 1.82 bits per heavy atom. The van der Waals surface area contributed by atoms with Crippen LogP contribution in [0.5, 0.6) is 5.75 Å². The van der Waals surface area contributed by atoms with Gasteiger partial charge >= 0.3 is 0 Å². The summed E-state index contributed by atoms with van der Waals surface area (Å²) >= 11 is 0. The molecule has 3 N–H and O–H groups in total. The first-order chi connectivity index (χ1) is 13.3. The van der Waals surface area contributed by atoms with Crippen molar-refractivity contribution in [2.24, 2.45) is 5.73 Å². The second kappa shape index (κ2) is 8.18. The lowest BCUT2D eigenvalue weighted by molar-refractivity contribution is 0.0843. The molecule has 0 saturated carbocycles. The van der Waals surface area contributed by atoms with Crippen molar-refractivity contribution in [3.05, 3.63) is 58.7 Å². The highest BCUT2D eigenvalue weighted by atomic mass is 16.5. The molecule has 0 aliphatic carbocycles. The molecule has 3 rings (SSSR count). The van der Waals surface area contributed by atoms with Crippen LogP contribution < -0.4 is 10.5 Å². The molecule has 1 amide bonds. The molecule has 0 saturated heterocycles. The van der Waals surface area contributed by atoms with Crippen molar-refractivity contribution in [2.45, 2.75) is 33.4 Å². The van der Waals surface area contributed by atoms with Crippen LogP contribution in [0.1, 0.15) is 27.0 Å². The average molecular weight is 381 g/mol. The number of hydrogen-bond donors (Lipinski definition) is 2. The van der Waals surface area contributed by atoms with E-state index in [0.717, 1.165) is 22.4 Å². The molecule has 146 valence electrons. The molecule has 0 fully saturated rings. The molecule has 0 radical (unpaired) electrons. The van der Waals surface area contributed by atoms with Crippen LogP contribution in [0.3, 0.4) is 0 Å². The van der Waals surface area contributed by atoms with Crippen LogP contribution >= 0.6 is 0 Å². The summed E-state index contributed by atoms with van der Waals surface area (Å²) in [5.74, 6) is 0.695. The van der Waals surface area contributed by atoms with Gasteiger partial charge in [-0.25, -0.2) is 0 Å². The molecule has 1 heterocycles. The molecule has 0 spiro atoms. The maximum Gasteiger partial charge on any atom is 0.248 e. The van der Waals surface area contributed by atoms with E-state index in [-0.39, 0.29) is 13.2 Å². The van der Waals surface area contributed by atoms with Gasteiger partial charge in [-0.05, 0) is 54.8 Å². The Bertz CT molecular complexity index is 982. The normalized spacial score (nSPS) is 12.0. The van der Waals surface area contributed by atoms with Crippen molar-refractivity contribution in [1.29, 1.82) is 0 Å². The molecule has 0 aliphatic heterocycles. The first-order valence-corrected chi connectivity index (χ1v) is 8.91. The molecular weight excluding hydrogens is 358 g/mol. The number of amides is 1. The van der Waals surface area contributed by atoms with Gasteiger partial charge in [0.2, 0.25) is 11.7 Å². The summed E-state index contributed by atoms with van der Waals surface area (Å²) in [5.41, 5.74) is 9.57. The Morgan fingerprint density at radius 1 is 1.14 bits per heavy atom. The maximum atomic E-state index is 11.1. The van der Waals surface area contributed by atoms with E-state index in [1.54, 1.807) is 24.3 Å². The molecule has 8 heteroatoms. The van der Waals surface area contributed by atoms with Gasteiger partial charge in [-0.2, -0.15) is 4.80 Å². The Labute approximate surface area is 162 Å². The molecule has 1 atom stereocenters. The summed E-state index contributed by atoms with van der Waals surface area (Å²) in [6.45, 7) is 6.27. The second-order valence-electron chi connectivity index (χ2n) is 6.73. The van der Waals surface area contributed by atoms with Gasteiger partial charge < -0.3 is 15.6 Å². The highest BCUT2D eigenvalue weighted by molar-refractivity contribution is 5.93. The third-order valence-electron chi connectivity index (χ3n) is 4.55. The van der Waals surface area contributed by atoms with Gasteiger partial charge in [-0.1, -0.05) is 24.3 Å². The molecule has 1 unspecified atom stereocenters. The molecule has 8 nitrogen and oxygen atoms in total. The fourth-order valence-electron chi connectivity index (χ4n) is 2.79.